The predicted molar refractivity (Wildman–Crippen MR) is 86.8 cm³/mol. The zero-order valence-corrected chi connectivity index (χ0v) is 13.6. The molecule has 114 valence electrons. The summed E-state index contributed by atoms with van der Waals surface area (Å²) >= 11 is 7.12. The largest absolute Gasteiger partial charge is 0.324 e. The zero-order valence-electron chi connectivity index (χ0n) is 12.1. The molecule has 8 heteroatoms. The minimum atomic E-state index is -0.318. The first-order chi connectivity index (χ1) is 10.5. The van der Waals surface area contributed by atoms with Gasteiger partial charge in [0.1, 0.15) is 5.01 Å². The Kier molecular flexibility index (Phi) is 5.31. The molecular formula is C14H14ClN5OS. The Bertz CT molecular complexity index is 694. The second-order valence-electron chi connectivity index (χ2n) is 4.67. The summed E-state index contributed by atoms with van der Waals surface area (Å²) in [6, 6.07) is 8.78. The summed E-state index contributed by atoms with van der Waals surface area (Å²) < 4.78 is 0. The summed E-state index contributed by atoms with van der Waals surface area (Å²) in [6.45, 7) is 1.81. The van der Waals surface area contributed by atoms with Gasteiger partial charge in [0, 0.05) is 23.7 Å². The number of urea groups is 1. The smallest absolute Gasteiger partial charge is 0.323 e. The maximum Gasteiger partial charge on any atom is 0.323 e. The van der Waals surface area contributed by atoms with Crippen molar-refractivity contribution in [2.45, 2.75) is 19.4 Å². The van der Waals surface area contributed by atoms with Gasteiger partial charge in [0.15, 0.2) is 0 Å². The third kappa shape index (κ3) is 3.93. The molecule has 0 radical (unpaired) electrons. The summed E-state index contributed by atoms with van der Waals surface area (Å²) in [7, 11) is 1.64. The van der Waals surface area contributed by atoms with Crippen LogP contribution >= 0.6 is 22.9 Å². The molecule has 0 unspecified atom stereocenters. The Morgan fingerprint density at radius 1 is 1.45 bits per heavy atom. The standard InChI is InChI=1S/C14H14ClN5OS/c1-9(7-8-16)20(2)14(21)17-13-19-18-12(22-13)10-3-5-11(15)6-4-10/h3-6,9H,7H2,1-2H3,(H,17,19,21)/t9-/m0/s1. The van der Waals surface area contributed by atoms with Gasteiger partial charge in [0.05, 0.1) is 12.5 Å². The fraction of sp³-hybridized carbons (Fsp3) is 0.286. The molecular weight excluding hydrogens is 322 g/mol. The lowest BCUT2D eigenvalue weighted by atomic mass is 10.2. The zero-order chi connectivity index (χ0) is 16.1. The topological polar surface area (TPSA) is 81.9 Å². The van der Waals surface area contributed by atoms with Crippen LogP contribution in [-0.4, -0.2) is 34.2 Å². The number of carbonyl (C=O) groups is 1. The minimum absolute atomic E-state index is 0.173. The summed E-state index contributed by atoms with van der Waals surface area (Å²) in [5.74, 6) is 0. The number of nitriles is 1. The van der Waals surface area contributed by atoms with E-state index in [1.807, 2.05) is 25.1 Å². The van der Waals surface area contributed by atoms with Crippen LogP contribution in [0.25, 0.3) is 10.6 Å². The quantitative estimate of drug-likeness (QED) is 0.925. The maximum absolute atomic E-state index is 12.0. The Morgan fingerprint density at radius 3 is 2.77 bits per heavy atom. The van der Waals surface area contributed by atoms with E-state index in [0.717, 1.165) is 5.56 Å². The predicted octanol–water partition coefficient (Wildman–Crippen LogP) is 3.62. The van der Waals surface area contributed by atoms with Crippen LogP contribution in [0, 0.1) is 11.3 Å². The van der Waals surface area contributed by atoms with Gasteiger partial charge in [-0.3, -0.25) is 5.32 Å². The van der Waals surface area contributed by atoms with Crippen molar-refractivity contribution in [3.05, 3.63) is 29.3 Å². The number of nitrogens with zero attached hydrogens (tertiary/aromatic N) is 4. The van der Waals surface area contributed by atoms with Crippen LogP contribution in [-0.2, 0) is 0 Å². The summed E-state index contributed by atoms with van der Waals surface area (Å²) in [5, 5.41) is 21.1. The molecule has 0 fully saturated rings. The molecule has 22 heavy (non-hydrogen) atoms. The number of nitrogens with one attached hydrogen (secondary N) is 1. The highest BCUT2D eigenvalue weighted by molar-refractivity contribution is 7.18. The van der Waals surface area contributed by atoms with Crippen molar-refractivity contribution in [1.82, 2.24) is 15.1 Å². The first-order valence-electron chi connectivity index (χ1n) is 6.51. The SMILES string of the molecule is C[C@@H](CC#N)N(C)C(=O)Nc1nnc(-c2ccc(Cl)cc2)s1. The van der Waals surface area contributed by atoms with E-state index in [9.17, 15) is 4.79 Å². The van der Waals surface area contributed by atoms with Gasteiger partial charge in [-0.25, -0.2) is 4.79 Å². The van der Waals surface area contributed by atoms with Crippen molar-refractivity contribution in [3.63, 3.8) is 0 Å². The number of rotatable bonds is 4. The number of hydrogen-bond donors (Lipinski definition) is 1. The first kappa shape index (κ1) is 16.2. The molecule has 1 aromatic carbocycles. The Labute approximate surface area is 137 Å². The third-order valence-electron chi connectivity index (χ3n) is 3.10. The molecule has 2 rings (SSSR count). The number of amides is 2. The van der Waals surface area contributed by atoms with Crippen molar-refractivity contribution in [1.29, 1.82) is 5.26 Å². The fourth-order valence-corrected chi connectivity index (χ4v) is 2.50. The van der Waals surface area contributed by atoms with Gasteiger partial charge in [0.25, 0.3) is 0 Å². The fourth-order valence-electron chi connectivity index (χ4n) is 1.63. The van der Waals surface area contributed by atoms with Crippen molar-refractivity contribution in [2.75, 3.05) is 12.4 Å². The van der Waals surface area contributed by atoms with Crippen LogP contribution < -0.4 is 5.32 Å². The monoisotopic (exact) mass is 335 g/mol. The number of carbonyl (C=O) groups excluding carboxylic acids is 1. The highest BCUT2D eigenvalue weighted by Gasteiger charge is 2.17. The number of anilines is 1. The van der Waals surface area contributed by atoms with Crippen LogP contribution in [0.4, 0.5) is 9.93 Å². The lowest BCUT2D eigenvalue weighted by Gasteiger charge is -2.22. The maximum atomic E-state index is 12.0. The molecule has 1 N–H and O–H groups in total. The van der Waals surface area contributed by atoms with E-state index in [1.165, 1.54) is 16.2 Å². The van der Waals surface area contributed by atoms with Crippen LogP contribution in [0.5, 0.6) is 0 Å². The molecule has 0 saturated carbocycles. The molecule has 6 nitrogen and oxygen atoms in total. The van der Waals surface area contributed by atoms with Gasteiger partial charge in [-0.1, -0.05) is 35.1 Å². The van der Waals surface area contributed by atoms with Crippen molar-refractivity contribution < 1.29 is 4.79 Å². The number of aromatic nitrogens is 2. The molecule has 0 saturated heterocycles. The van der Waals surface area contributed by atoms with Gasteiger partial charge in [-0.15, -0.1) is 10.2 Å². The lowest BCUT2D eigenvalue weighted by Crippen LogP contribution is -2.38. The molecule has 0 aliphatic heterocycles. The van der Waals surface area contributed by atoms with Crippen LogP contribution in [0.15, 0.2) is 24.3 Å². The van der Waals surface area contributed by atoms with E-state index in [0.29, 0.717) is 15.2 Å². The summed E-state index contributed by atoms with van der Waals surface area (Å²) in [5.41, 5.74) is 0.883. The number of halogens is 1. The summed E-state index contributed by atoms with van der Waals surface area (Å²) in [4.78, 5) is 13.5. The van der Waals surface area contributed by atoms with Crippen LogP contribution in [0.3, 0.4) is 0 Å². The van der Waals surface area contributed by atoms with Gasteiger partial charge >= 0.3 is 6.03 Å². The normalized spacial score (nSPS) is 11.5. The Balaban J connectivity index is 2.04. The van der Waals surface area contributed by atoms with E-state index in [1.54, 1.807) is 19.2 Å². The van der Waals surface area contributed by atoms with Crippen molar-refractivity contribution in [3.8, 4) is 16.6 Å². The third-order valence-corrected chi connectivity index (χ3v) is 4.24. The molecule has 1 atom stereocenters. The van der Waals surface area contributed by atoms with Gasteiger partial charge in [-0.2, -0.15) is 5.26 Å². The average Bonchev–Trinajstić information content (AvgIpc) is 2.95. The molecule has 0 bridgehead atoms. The average molecular weight is 336 g/mol. The highest BCUT2D eigenvalue weighted by atomic mass is 35.5. The van der Waals surface area contributed by atoms with E-state index >= 15 is 0 Å². The Morgan fingerprint density at radius 2 is 2.14 bits per heavy atom. The number of hydrogen-bond acceptors (Lipinski definition) is 5. The van der Waals surface area contributed by atoms with E-state index < -0.39 is 0 Å². The molecule has 2 aromatic rings. The van der Waals surface area contributed by atoms with E-state index in [-0.39, 0.29) is 18.5 Å². The van der Waals surface area contributed by atoms with E-state index in [2.05, 4.69) is 15.5 Å². The first-order valence-corrected chi connectivity index (χ1v) is 7.71. The molecule has 0 aliphatic carbocycles. The second-order valence-corrected chi connectivity index (χ2v) is 6.09. The second kappa shape index (κ2) is 7.20. The lowest BCUT2D eigenvalue weighted by molar-refractivity contribution is 0.208. The number of benzene rings is 1. The molecule has 2 amide bonds. The van der Waals surface area contributed by atoms with Gasteiger partial charge in [0.2, 0.25) is 5.13 Å². The molecule has 1 aromatic heterocycles. The van der Waals surface area contributed by atoms with Crippen molar-refractivity contribution in [2.24, 2.45) is 0 Å². The van der Waals surface area contributed by atoms with Crippen molar-refractivity contribution >= 4 is 34.1 Å². The Hall–Kier alpha value is -2.17. The highest BCUT2D eigenvalue weighted by Crippen LogP contribution is 2.27. The minimum Gasteiger partial charge on any atom is -0.324 e. The molecule has 0 spiro atoms. The van der Waals surface area contributed by atoms with E-state index in [4.69, 9.17) is 16.9 Å². The molecule has 0 aliphatic rings. The van der Waals surface area contributed by atoms with Gasteiger partial charge < -0.3 is 4.90 Å². The van der Waals surface area contributed by atoms with Gasteiger partial charge in [-0.05, 0) is 19.1 Å². The van der Waals surface area contributed by atoms with Crippen LogP contribution in [0.2, 0.25) is 5.02 Å². The summed E-state index contributed by atoms with van der Waals surface area (Å²) in [6.07, 6.45) is 0.274. The molecule has 1 heterocycles. The van der Waals surface area contributed by atoms with Crippen LogP contribution in [0.1, 0.15) is 13.3 Å².